The second-order valence-corrected chi connectivity index (χ2v) is 3.03. The van der Waals surface area contributed by atoms with Crippen LogP contribution in [0.4, 0.5) is 6.01 Å². The van der Waals surface area contributed by atoms with Gasteiger partial charge in [0.1, 0.15) is 5.54 Å². The molecule has 0 fully saturated rings. The van der Waals surface area contributed by atoms with Crippen molar-refractivity contribution in [1.82, 2.24) is 10.1 Å². The number of aryl methyl sites for hydroxylation is 1. The largest absolute Gasteiger partial charge is 0.394 e. The van der Waals surface area contributed by atoms with E-state index in [-0.39, 0.29) is 6.01 Å². The van der Waals surface area contributed by atoms with Crippen molar-refractivity contribution in [1.29, 1.82) is 0 Å². The van der Waals surface area contributed by atoms with Gasteiger partial charge in [0.2, 0.25) is 0 Å². The fourth-order valence-corrected chi connectivity index (χ4v) is 0.843. The predicted molar refractivity (Wildman–Crippen MR) is 46.6 cm³/mol. The normalized spacial score (nSPS) is 11.7. The molecule has 1 rings (SSSR count). The van der Waals surface area contributed by atoms with Crippen molar-refractivity contribution in [3.63, 3.8) is 0 Å². The van der Waals surface area contributed by atoms with E-state index in [1.165, 1.54) is 0 Å². The number of nitrogens with one attached hydrogen (secondary N) is 1. The van der Waals surface area contributed by atoms with Gasteiger partial charge in [0.15, 0.2) is 5.82 Å². The molecule has 7 heteroatoms. The van der Waals surface area contributed by atoms with E-state index in [1.54, 1.807) is 6.92 Å². The molecule has 80 valence electrons. The minimum Gasteiger partial charge on any atom is -0.394 e. The molecule has 7 nitrogen and oxygen atoms in total. The highest BCUT2D eigenvalue weighted by Crippen LogP contribution is 2.12. The number of rotatable bonds is 5. The lowest BCUT2D eigenvalue weighted by atomic mass is 10.0. The Morgan fingerprint density at radius 2 is 1.86 bits per heavy atom. The van der Waals surface area contributed by atoms with Gasteiger partial charge < -0.3 is 25.2 Å². The second kappa shape index (κ2) is 4.36. The standard InChI is InChI=1S/C7H13N3O4/c1-5-8-6(14-10-5)9-7(2-11,3-12)4-13/h11-13H,2-4H2,1H3,(H,8,9,10). The summed E-state index contributed by atoms with van der Waals surface area (Å²) >= 11 is 0. The molecule has 0 saturated carbocycles. The molecule has 0 atom stereocenters. The van der Waals surface area contributed by atoms with Gasteiger partial charge in [0, 0.05) is 0 Å². The van der Waals surface area contributed by atoms with E-state index >= 15 is 0 Å². The number of hydrogen-bond acceptors (Lipinski definition) is 7. The summed E-state index contributed by atoms with van der Waals surface area (Å²) in [6, 6.07) is 0.0552. The summed E-state index contributed by atoms with van der Waals surface area (Å²) in [6.45, 7) is 0.303. The van der Waals surface area contributed by atoms with E-state index < -0.39 is 25.4 Å². The fraction of sp³-hybridized carbons (Fsp3) is 0.714. The molecule has 0 amide bonds. The zero-order valence-electron chi connectivity index (χ0n) is 7.77. The van der Waals surface area contributed by atoms with Gasteiger partial charge in [0.05, 0.1) is 19.8 Å². The smallest absolute Gasteiger partial charge is 0.322 e. The minimum atomic E-state index is -1.24. The van der Waals surface area contributed by atoms with Crippen molar-refractivity contribution in [2.45, 2.75) is 12.5 Å². The first-order chi connectivity index (χ1) is 6.65. The second-order valence-electron chi connectivity index (χ2n) is 3.03. The summed E-state index contributed by atoms with van der Waals surface area (Å²) in [5, 5.41) is 33.0. The Labute approximate surface area is 80.4 Å². The highest BCUT2D eigenvalue weighted by molar-refractivity contribution is 5.25. The zero-order valence-corrected chi connectivity index (χ0v) is 7.77. The molecule has 0 aliphatic carbocycles. The third kappa shape index (κ3) is 2.19. The lowest BCUT2D eigenvalue weighted by Crippen LogP contribution is -2.49. The number of aliphatic hydroxyl groups excluding tert-OH is 3. The van der Waals surface area contributed by atoms with Gasteiger partial charge in [-0.15, -0.1) is 0 Å². The van der Waals surface area contributed by atoms with Crippen molar-refractivity contribution in [3.05, 3.63) is 5.82 Å². The number of hydrogen-bond donors (Lipinski definition) is 4. The van der Waals surface area contributed by atoms with Crippen LogP contribution in [0.15, 0.2) is 4.52 Å². The maximum Gasteiger partial charge on any atom is 0.322 e. The third-order valence-corrected chi connectivity index (χ3v) is 1.81. The molecular weight excluding hydrogens is 190 g/mol. The summed E-state index contributed by atoms with van der Waals surface area (Å²) in [6.07, 6.45) is 0. The van der Waals surface area contributed by atoms with Crippen LogP contribution in [0.2, 0.25) is 0 Å². The molecule has 4 N–H and O–H groups in total. The molecular formula is C7H13N3O4. The number of anilines is 1. The van der Waals surface area contributed by atoms with Gasteiger partial charge >= 0.3 is 6.01 Å². The monoisotopic (exact) mass is 203 g/mol. The van der Waals surface area contributed by atoms with Crippen molar-refractivity contribution in [3.8, 4) is 0 Å². The summed E-state index contributed by atoms with van der Waals surface area (Å²) < 4.78 is 4.72. The lowest BCUT2D eigenvalue weighted by Gasteiger charge is -2.27. The van der Waals surface area contributed by atoms with E-state index in [1.807, 2.05) is 0 Å². The van der Waals surface area contributed by atoms with Crippen molar-refractivity contribution >= 4 is 6.01 Å². The molecule has 0 unspecified atom stereocenters. The number of aromatic nitrogens is 2. The average Bonchev–Trinajstić information content (AvgIpc) is 2.61. The molecule has 1 heterocycles. The molecule has 1 aromatic rings. The SMILES string of the molecule is Cc1noc(NC(CO)(CO)CO)n1. The zero-order chi connectivity index (χ0) is 10.6. The van der Waals surface area contributed by atoms with Crippen LogP contribution in [0.5, 0.6) is 0 Å². The van der Waals surface area contributed by atoms with Crippen LogP contribution in [0.3, 0.4) is 0 Å². The van der Waals surface area contributed by atoms with Crippen molar-refractivity contribution < 1.29 is 19.8 Å². The molecule has 0 radical (unpaired) electrons. The summed E-state index contributed by atoms with van der Waals surface area (Å²) in [4.78, 5) is 3.82. The minimum absolute atomic E-state index is 0.0552. The van der Waals surface area contributed by atoms with Crippen LogP contribution in [-0.2, 0) is 0 Å². The molecule has 0 bridgehead atoms. The molecule has 1 aromatic heterocycles. The third-order valence-electron chi connectivity index (χ3n) is 1.81. The molecule has 0 saturated heterocycles. The van der Waals surface area contributed by atoms with E-state index in [2.05, 4.69) is 15.5 Å². The van der Waals surface area contributed by atoms with Gasteiger partial charge in [-0.1, -0.05) is 5.16 Å². The van der Waals surface area contributed by atoms with Gasteiger partial charge in [-0.05, 0) is 6.92 Å². The predicted octanol–water partition coefficient (Wildman–Crippen LogP) is -1.49. The Morgan fingerprint density at radius 1 is 1.29 bits per heavy atom. The number of nitrogens with zero attached hydrogens (tertiary/aromatic N) is 2. The van der Waals surface area contributed by atoms with Gasteiger partial charge in [0.25, 0.3) is 0 Å². The lowest BCUT2D eigenvalue weighted by molar-refractivity contribution is 0.0811. The Morgan fingerprint density at radius 3 is 2.21 bits per heavy atom. The Kier molecular flexibility index (Phi) is 3.39. The number of aliphatic hydroxyl groups is 3. The van der Waals surface area contributed by atoms with E-state index in [0.717, 1.165) is 0 Å². The molecule has 0 aliphatic rings. The topological polar surface area (TPSA) is 112 Å². The van der Waals surface area contributed by atoms with E-state index in [0.29, 0.717) is 5.82 Å². The average molecular weight is 203 g/mol. The Balaban J connectivity index is 2.73. The van der Waals surface area contributed by atoms with Gasteiger partial charge in [-0.25, -0.2) is 0 Å². The van der Waals surface area contributed by atoms with Crippen LogP contribution in [0, 0.1) is 6.92 Å². The highest BCUT2D eigenvalue weighted by Gasteiger charge is 2.29. The van der Waals surface area contributed by atoms with E-state index in [9.17, 15) is 0 Å². The van der Waals surface area contributed by atoms with Crippen LogP contribution in [0.1, 0.15) is 5.82 Å². The van der Waals surface area contributed by atoms with Gasteiger partial charge in [-0.3, -0.25) is 0 Å². The Hall–Kier alpha value is -1.18. The molecule has 0 spiro atoms. The maximum absolute atomic E-state index is 8.97. The van der Waals surface area contributed by atoms with Crippen LogP contribution in [-0.4, -0.2) is 50.8 Å². The molecule has 14 heavy (non-hydrogen) atoms. The quantitative estimate of drug-likeness (QED) is 0.461. The molecule has 0 aromatic carbocycles. The fourth-order valence-electron chi connectivity index (χ4n) is 0.843. The maximum atomic E-state index is 8.97. The first kappa shape index (κ1) is 10.9. The van der Waals surface area contributed by atoms with E-state index in [4.69, 9.17) is 19.8 Å². The summed E-state index contributed by atoms with van der Waals surface area (Å²) in [5.74, 6) is 0.426. The van der Waals surface area contributed by atoms with Crippen molar-refractivity contribution in [2.75, 3.05) is 25.1 Å². The highest BCUT2D eigenvalue weighted by atomic mass is 16.5. The van der Waals surface area contributed by atoms with Crippen LogP contribution in [0.25, 0.3) is 0 Å². The first-order valence-electron chi connectivity index (χ1n) is 4.07. The Bertz CT molecular complexity index is 276. The first-order valence-corrected chi connectivity index (χ1v) is 4.07. The van der Waals surface area contributed by atoms with Crippen LogP contribution >= 0.6 is 0 Å². The summed E-state index contributed by atoms with van der Waals surface area (Å²) in [7, 11) is 0. The summed E-state index contributed by atoms with van der Waals surface area (Å²) in [5.41, 5.74) is -1.24. The van der Waals surface area contributed by atoms with Crippen LogP contribution < -0.4 is 5.32 Å². The molecule has 0 aliphatic heterocycles. The van der Waals surface area contributed by atoms with Gasteiger partial charge in [-0.2, -0.15) is 4.98 Å². The van der Waals surface area contributed by atoms with Crippen molar-refractivity contribution in [2.24, 2.45) is 0 Å².